The Morgan fingerprint density at radius 2 is 1.92 bits per heavy atom. The van der Waals surface area contributed by atoms with Crippen LogP contribution in [0.3, 0.4) is 0 Å². The smallest absolute Gasteiger partial charge is 0.161 e. The number of aromatic amines is 1. The number of aromatic nitrogens is 2. The van der Waals surface area contributed by atoms with Crippen LogP contribution in [0.15, 0.2) is 58.3 Å². The van der Waals surface area contributed by atoms with Gasteiger partial charge >= 0.3 is 0 Å². The van der Waals surface area contributed by atoms with Gasteiger partial charge in [0.25, 0.3) is 0 Å². The first-order valence-electron chi connectivity index (χ1n) is 7.97. The fourth-order valence-corrected chi connectivity index (χ4v) is 4.16. The number of Topliss-reactive ketones (excluding diaryl/α,β-unsaturated/α-hetero) is 1. The lowest BCUT2D eigenvalue weighted by Crippen LogP contribution is -2.19. The largest absolute Gasteiger partial charge is 0.358 e. The summed E-state index contributed by atoms with van der Waals surface area (Å²) in [5.41, 5.74) is 6.33. The van der Waals surface area contributed by atoms with Crippen LogP contribution < -0.4 is 5.32 Å². The minimum atomic E-state index is -0.0411. The minimum absolute atomic E-state index is 0.0411. The third-order valence-corrected chi connectivity index (χ3v) is 5.49. The van der Waals surface area contributed by atoms with Crippen molar-refractivity contribution in [3.05, 3.63) is 69.5 Å². The van der Waals surface area contributed by atoms with Crippen molar-refractivity contribution < 1.29 is 4.79 Å². The molecule has 4 nitrogen and oxygen atoms in total. The summed E-state index contributed by atoms with van der Waals surface area (Å²) in [6.07, 6.45) is 3.24. The van der Waals surface area contributed by atoms with Crippen LogP contribution in [-0.4, -0.2) is 16.0 Å². The summed E-state index contributed by atoms with van der Waals surface area (Å²) < 4.78 is 1.04. The Kier molecular flexibility index (Phi) is 2.94. The monoisotopic (exact) mass is 379 g/mol. The molecule has 0 saturated carbocycles. The van der Waals surface area contributed by atoms with Crippen molar-refractivity contribution >= 4 is 38.3 Å². The first kappa shape index (κ1) is 14.0. The summed E-state index contributed by atoms with van der Waals surface area (Å²) in [7, 11) is 0. The van der Waals surface area contributed by atoms with E-state index in [1.807, 2.05) is 24.4 Å². The molecule has 0 saturated heterocycles. The SMILES string of the molecule is O=C1CCC2=C1C(c1ccc(Br)cc1)c1c(ccc3[nH]ncc13)N2. The summed E-state index contributed by atoms with van der Waals surface area (Å²) >= 11 is 3.50. The highest BCUT2D eigenvalue weighted by Gasteiger charge is 2.37. The number of carbonyl (C=O) groups is 1. The van der Waals surface area contributed by atoms with Gasteiger partial charge in [0.1, 0.15) is 0 Å². The van der Waals surface area contributed by atoms with Gasteiger partial charge in [-0.25, -0.2) is 0 Å². The lowest BCUT2D eigenvalue weighted by atomic mass is 9.79. The minimum Gasteiger partial charge on any atom is -0.358 e. The van der Waals surface area contributed by atoms with Crippen LogP contribution in [0.4, 0.5) is 5.69 Å². The molecule has 1 unspecified atom stereocenters. The number of hydrogen-bond acceptors (Lipinski definition) is 3. The zero-order valence-corrected chi connectivity index (χ0v) is 14.4. The third kappa shape index (κ3) is 1.91. The fourth-order valence-electron chi connectivity index (χ4n) is 3.90. The van der Waals surface area contributed by atoms with Crippen LogP contribution in [0.5, 0.6) is 0 Å². The third-order valence-electron chi connectivity index (χ3n) is 4.96. The number of anilines is 1. The van der Waals surface area contributed by atoms with Crippen LogP contribution in [0.25, 0.3) is 10.9 Å². The molecule has 24 heavy (non-hydrogen) atoms. The summed E-state index contributed by atoms with van der Waals surface area (Å²) in [4.78, 5) is 12.6. The average Bonchev–Trinajstić information content (AvgIpc) is 3.21. The highest BCUT2D eigenvalue weighted by molar-refractivity contribution is 9.10. The van der Waals surface area contributed by atoms with Crippen LogP contribution in [0.2, 0.25) is 0 Å². The number of fused-ring (bicyclic) bond motifs is 3. The number of ketones is 1. The van der Waals surface area contributed by atoms with E-state index >= 15 is 0 Å². The molecule has 0 spiro atoms. The lowest BCUT2D eigenvalue weighted by molar-refractivity contribution is -0.115. The summed E-state index contributed by atoms with van der Waals surface area (Å²) in [5.74, 6) is 0.206. The fraction of sp³-hybridized carbons (Fsp3) is 0.158. The standard InChI is InChI=1S/C19H14BrN3O/c20-11-3-1-10(2-4-11)17-18-12-9-21-23-13(12)5-6-14(18)22-15-7-8-16(24)19(15)17/h1-6,9,17,22H,7-8H2,(H,21,23). The zero-order valence-electron chi connectivity index (χ0n) is 12.8. The van der Waals surface area contributed by atoms with Crippen molar-refractivity contribution in [2.75, 3.05) is 5.32 Å². The van der Waals surface area contributed by atoms with Gasteiger partial charge in [0.05, 0.1) is 11.7 Å². The molecule has 1 aliphatic heterocycles. The van der Waals surface area contributed by atoms with E-state index in [1.54, 1.807) is 0 Å². The van der Waals surface area contributed by atoms with Crippen LogP contribution in [-0.2, 0) is 4.79 Å². The Bertz CT molecular complexity index is 1020. The Labute approximate surface area is 147 Å². The number of nitrogens with zero attached hydrogens (tertiary/aromatic N) is 1. The molecule has 3 aromatic rings. The molecule has 5 rings (SSSR count). The van der Waals surface area contributed by atoms with Crippen molar-refractivity contribution in [2.45, 2.75) is 18.8 Å². The second kappa shape index (κ2) is 5.05. The van der Waals surface area contributed by atoms with Gasteiger partial charge in [-0.15, -0.1) is 0 Å². The molecule has 5 heteroatoms. The Hall–Kier alpha value is -2.40. The van der Waals surface area contributed by atoms with Gasteiger partial charge in [0.15, 0.2) is 5.78 Å². The molecule has 0 fully saturated rings. The lowest BCUT2D eigenvalue weighted by Gasteiger charge is -2.29. The molecule has 1 aliphatic carbocycles. The quantitative estimate of drug-likeness (QED) is 0.654. The number of hydrogen-bond donors (Lipinski definition) is 2. The number of benzene rings is 2. The molecule has 118 valence electrons. The molecule has 2 aliphatic rings. The molecule has 0 amide bonds. The Balaban J connectivity index is 1.82. The molecule has 0 radical (unpaired) electrons. The van der Waals surface area contributed by atoms with E-state index in [9.17, 15) is 4.79 Å². The van der Waals surface area contributed by atoms with E-state index in [-0.39, 0.29) is 11.7 Å². The van der Waals surface area contributed by atoms with E-state index < -0.39 is 0 Å². The average molecular weight is 380 g/mol. The summed E-state index contributed by atoms with van der Waals surface area (Å²) in [6.45, 7) is 0. The number of H-pyrrole nitrogens is 1. The van der Waals surface area contributed by atoms with Gasteiger partial charge in [0, 0.05) is 39.2 Å². The van der Waals surface area contributed by atoms with Gasteiger partial charge in [-0.2, -0.15) is 5.10 Å². The summed E-state index contributed by atoms with van der Waals surface area (Å²) in [6, 6.07) is 12.4. The zero-order chi connectivity index (χ0) is 16.3. The number of carbonyl (C=O) groups excluding carboxylic acids is 1. The van der Waals surface area contributed by atoms with Crippen molar-refractivity contribution in [1.29, 1.82) is 0 Å². The maximum absolute atomic E-state index is 12.6. The highest BCUT2D eigenvalue weighted by Crippen LogP contribution is 2.48. The molecule has 1 aromatic heterocycles. The van der Waals surface area contributed by atoms with E-state index in [2.05, 4.69) is 49.6 Å². The van der Waals surface area contributed by atoms with Gasteiger partial charge in [0.2, 0.25) is 0 Å². The first-order valence-corrected chi connectivity index (χ1v) is 8.76. The van der Waals surface area contributed by atoms with Crippen LogP contribution in [0, 0.1) is 0 Å². The predicted octanol–water partition coefficient (Wildman–Crippen LogP) is 4.50. The topological polar surface area (TPSA) is 57.8 Å². The first-order chi connectivity index (χ1) is 11.7. The van der Waals surface area contributed by atoms with E-state index in [4.69, 9.17) is 0 Å². The number of rotatable bonds is 1. The van der Waals surface area contributed by atoms with Crippen molar-refractivity contribution in [2.24, 2.45) is 0 Å². The Morgan fingerprint density at radius 1 is 1.08 bits per heavy atom. The van der Waals surface area contributed by atoms with Crippen LogP contribution >= 0.6 is 15.9 Å². The van der Waals surface area contributed by atoms with E-state index in [1.165, 1.54) is 0 Å². The van der Waals surface area contributed by atoms with E-state index in [0.29, 0.717) is 6.42 Å². The highest BCUT2D eigenvalue weighted by atomic mass is 79.9. The molecule has 2 N–H and O–H groups in total. The van der Waals surface area contributed by atoms with Gasteiger partial charge < -0.3 is 5.32 Å². The number of allylic oxidation sites excluding steroid dienone is 2. The van der Waals surface area contributed by atoms with Crippen molar-refractivity contribution in [3.63, 3.8) is 0 Å². The summed E-state index contributed by atoms with van der Waals surface area (Å²) in [5, 5.41) is 11.8. The second-order valence-corrected chi connectivity index (χ2v) is 7.20. The van der Waals surface area contributed by atoms with Gasteiger partial charge in [-0.1, -0.05) is 28.1 Å². The molecular weight excluding hydrogens is 366 g/mol. The predicted molar refractivity (Wildman–Crippen MR) is 97.0 cm³/mol. The molecule has 2 heterocycles. The van der Waals surface area contributed by atoms with Crippen molar-refractivity contribution in [3.8, 4) is 0 Å². The van der Waals surface area contributed by atoms with Gasteiger partial charge in [-0.05, 0) is 41.8 Å². The van der Waals surface area contributed by atoms with E-state index in [0.717, 1.165) is 49.9 Å². The maximum atomic E-state index is 12.6. The maximum Gasteiger partial charge on any atom is 0.161 e. The number of halogens is 1. The second-order valence-electron chi connectivity index (χ2n) is 6.28. The number of nitrogens with one attached hydrogen (secondary N) is 2. The normalized spacial score (nSPS) is 19.4. The molecule has 1 atom stereocenters. The molecular formula is C19H14BrN3O. The van der Waals surface area contributed by atoms with Crippen molar-refractivity contribution in [1.82, 2.24) is 10.2 Å². The Morgan fingerprint density at radius 3 is 2.75 bits per heavy atom. The molecule has 0 bridgehead atoms. The molecule has 2 aromatic carbocycles. The van der Waals surface area contributed by atoms with Crippen LogP contribution in [0.1, 0.15) is 29.9 Å². The van der Waals surface area contributed by atoms with Gasteiger partial charge in [-0.3, -0.25) is 9.89 Å².